The molecule has 1 amide bonds. The molecule has 1 aliphatic heterocycles. The number of methoxy groups -OCH3 is 1. The van der Waals surface area contributed by atoms with Crippen molar-refractivity contribution in [2.75, 3.05) is 13.7 Å². The van der Waals surface area contributed by atoms with E-state index in [1.807, 2.05) is 13.8 Å². The largest absolute Gasteiger partial charge is 0.467 e. The van der Waals surface area contributed by atoms with Gasteiger partial charge in [-0.15, -0.1) is 0 Å². The summed E-state index contributed by atoms with van der Waals surface area (Å²) in [5.74, 6) is -1.23. The first-order valence-electron chi connectivity index (χ1n) is 9.41. The Morgan fingerprint density at radius 2 is 1.96 bits per heavy atom. The average Bonchev–Trinajstić information content (AvgIpc) is 2.93. The van der Waals surface area contributed by atoms with Crippen LogP contribution in [0, 0.1) is 0 Å². The fraction of sp³-hybridized carbons (Fsp3) is 0.889. The third kappa shape index (κ3) is 8.77. The van der Waals surface area contributed by atoms with Gasteiger partial charge in [0.05, 0.1) is 25.9 Å². The zero-order valence-corrected chi connectivity index (χ0v) is 17.6. The highest BCUT2D eigenvalue weighted by Crippen LogP contribution is 2.27. The molecule has 1 saturated heterocycles. The molecule has 1 N–H and O–H groups in total. The standard InChI is InChI=1S/C18H32N4O6/c1-17(2,3)28-16(24)20-13(15(23)25-6)10-8-7-9-12(21-22-19)14-11-26-18(4,5)27-14/h12-14H,7-11H2,1-6H3,(H,20,24)/t12-,13+,14+/m1/s1. The van der Waals surface area contributed by atoms with Gasteiger partial charge in [-0.1, -0.05) is 18.0 Å². The minimum absolute atomic E-state index is 0.304. The van der Waals surface area contributed by atoms with Gasteiger partial charge in [0.25, 0.3) is 0 Å². The molecule has 10 nitrogen and oxygen atoms in total. The van der Waals surface area contributed by atoms with Crippen molar-refractivity contribution in [2.24, 2.45) is 5.11 Å². The highest BCUT2D eigenvalue weighted by molar-refractivity contribution is 5.81. The van der Waals surface area contributed by atoms with Crippen LogP contribution in [0.25, 0.3) is 10.4 Å². The van der Waals surface area contributed by atoms with E-state index in [4.69, 9.17) is 24.5 Å². The fourth-order valence-electron chi connectivity index (χ4n) is 2.83. The van der Waals surface area contributed by atoms with Gasteiger partial charge in [-0.3, -0.25) is 0 Å². The molecular formula is C18H32N4O6. The number of alkyl carbamates (subject to hydrolysis) is 1. The molecule has 28 heavy (non-hydrogen) atoms. The molecule has 0 aromatic rings. The summed E-state index contributed by atoms with van der Waals surface area (Å²) in [6.45, 7) is 9.21. The summed E-state index contributed by atoms with van der Waals surface area (Å²) >= 11 is 0. The second kappa shape index (κ2) is 10.5. The van der Waals surface area contributed by atoms with Crippen LogP contribution < -0.4 is 5.32 Å². The second-order valence-corrected chi connectivity index (χ2v) is 8.15. The van der Waals surface area contributed by atoms with Crippen LogP contribution in [0.3, 0.4) is 0 Å². The molecule has 1 aliphatic rings. The maximum atomic E-state index is 11.9. The predicted molar refractivity (Wildman–Crippen MR) is 101 cm³/mol. The Kier molecular flexibility index (Phi) is 9.00. The highest BCUT2D eigenvalue weighted by atomic mass is 16.7. The molecule has 0 aromatic heterocycles. The molecule has 0 spiro atoms. The van der Waals surface area contributed by atoms with Crippen LogP contribution in [0.4, 0.5) is 4.79 Å². The first kappa shape index (κ1) is 24.0. The van der Waals surface area contributed by atoms with E-state index in [9.17, 15) is 9.59 Å². The molecule has 0 aromatic carbocycles. The molecule has 10 heteroatoms. The number of unbranched alkanes of at least 4 members (excludes halogenated alkanes) is 1. The van der Waals surface area contributed by atoms with Gasteiger partial charge in [0.1, 0.15) is 11.6 Å². The third-order valence-corrected chi connectivity index (χ3v) is 4.08. The van der Waals surface area contributed by atoms with Gasteiger partial charge in [0.15, 0.2) is 5.79 Å². The zero-order chi connectivity index (χ0) is 21.4. The summed E-state index contributed by atoms with van der Waals surface area (Å²) in [6, 6.07) is -1.16. The second-order valence-electron chi connectivity index (χ2n) is 8.15. The quantitative estimate of drug-likeness (QED) is 0.207. The monoisotopic (exact) mass is 400 g/mol. The molecular weight excluding hydrogens is 368 g/mol. The lowest BCUT2D eigenvalue weighted by atomic mass is 10.0. The first-order chi connectivity index (χ1) is 13.0. The minimum Gasteiger partial charge on any atom is -0.467 e. The maximum absolute atomic E-state index is 11.9. The Morgan fingerprint density at radius 1 is 1.32 bits per heavy atom. The van der Waals surface area contributed by atoms with Crippen molar-refractivity contribution >= 4 is 12.1 Å². The van der Waals surface area contributed by atoms with Gasteiger partial charge in [0, 0.05) is 4.91 Å². The van der Waals surface area contributed by atoms with Gasteiger partial charge < -0.3 is 24.3 Å². The lowest BCUT2D eigenvalue weighted by Gasteiger charge is -2.23. The van der Waals surface area contributed by atoms with Crippen molar-refractivity contribution in [3.63, 3.8) is 0 Å². The lowest BCUT2D eigenvalue weighted by Crippen LogP contribution is -2.44. The van der Waals surface area contributed by atoms with Crippen LogP contribution in [0.1, 0.15) is 60.3 Å². The smallest absolute Gasteiger partial charge is 0.408 e. The van der Waals surface area contributed by atoms with E-state index in [2.05, 4.69) is 15.3 Å². The number of hydrogen-bond acceptors (Lipinski definition) is 7. The summed E-state index contributed by atoms with van der Waals surface area (Å²) in [6.07, 6.45) is 1.27. The summed E-state index contributed by atoms with van der Waals surface area (Å²) in [4.78, 5) is 26.8. The van der Waals surface area contributed by atoms with E-state index in [-0.39, 0.29) is 12.1 Å². The fourth-order valence-corrected chi connectivity index (χ4v) is 2.83. The Hall–Kier alpha value is -2.03. The van der Waals surface area contributed by atoms with Crippen LogP contribution in [0.5, 0.6) is 0 Å². The van der Waals surface area contributed by atoms with Gasteiger partial charge in [-0.2, -0.15) is 0 Å². The Balaban J connectivity index is 2.52. The van der Waals surface area contributed by atoms with Crippen LogP contribution in [-0.2, 0) is 23.7 Å². The Bertz CT molecular complexity index is 583. The van der Waals surface area contributed by atoms with Crippen LogP contribution in [0.15, 0.2) is 5.11 Å². The third-order valence-electron chi connectivity index (χ3n) is 4.08. The minimum atomic E-state index is -0.803. The Morgan fingerprint density at radius 3 is 2.46 bits per heavy atom. The lowest BCUT2D eigenvalue weighted by molar-refractivity contribution is -0.143. The number of carbonyl (C=O) groups excluding carboxylic acids is 2. The number of carbonyl (C=O) groups is 2. The SMILES string of the molecule is COC(=O)[C@H](CCCC[C@@H](N=[N+]=[N-])[C@@H]1COC(C)(C)O1)NC(=O)OC(C)(C)C. The molecule has 1 heterocycles. The zero-order valence-electron chi connectivity index (χ0n) is 17.6. The Labute approximate surface area is 165 Å². The van der Waals surface area contributed by atoms with Crippen molar-refractivity contribution in [2.45, 2.75) is 89.9 Å². The van der Waals surface area contributed by atoms with Gasteiger partial charge in [-0.25, -0.2) is 9.59 Å². The van der Waals surface area contributed by atoms with E-state index in [0.717, 1.165) is 0 Å². The number of azide groups is 1. The number of nitrogens with zero attached hydrogens (tertiary/aromatic N) is 3. The molecule has 3 atom stereocenters. The van der Waals surface area contributed by atoms with Gasteiger partial charge in [-0.05, 0) is 53.0 Å². The number of rotatable bonds is 9. The predicted octanol–water partition coefficient (Wildman–Crippen LogP) is 3.44. The van der Waals surface area contributed by atoms with E-state index in [0.29, 0.717) is 32.3 Å². The number of nitrogens with one attached hydrogen (secondary N) is 1. The normalized spacial score (nSPS) is 20.6. The molecule has 160 valence electrons. The van der Waals surface area contributed by atoms with Gasteiger partial charge >= 0.3 is 12.1 Å². The molecule has 0 bridgehead atoms. The van der Waals surface area contributed by atoms with E-state index >= 15 is 0 Å². The maximum Gasteiger partial charge on any atom is 0.408 e. The van der Waals surface area contributed by atoms with Crippen molar-refractivity contribution in [1.82, 2.24) is 5.32 Å². The van der Waals surface area contributed by atoms with E-state index < -0.39 is 29.5 Å². The molecule has 0 saturated carbocycles. The number of esters is 1. The summed E-state index contributed by atoms with van der Waals surface area (Å²) in [7, 11) is 1.27. The van der Waals surface area contributed by atoms with Crippen molar-refractivity contribution in [3.05, 3.63) is 10.4 Å². The van der Waals surface area contributed by atoms with E-state index in [1.54, 1.807) is 20.8 Å². The number of hydrogen-bond donors (Lipinski definition) is 1. The highest BCUT2D eigenvalue weighted by Gasteiger charge is 2.36. The van der Waals surface area contributed by atoms with Crippen LogP contribution in [-0.4, -0.2) is 55.4 Å². The average molecular weight is 400 g/mol. The van der Waals surface area contributed by atoms with Crippen molar-refractivity contribution < 1.29 is 28.5 Å². The number of amides is 1. The summed E-state index contributed by atoms with van der Waals surface area (Å²) < 4.78 is 21.2. The van der Waals surface area contributed by atoms with Crippen molar-refractivity contribution in [3.8, 4) is 0 Å². The molecule has 0 unspecified atom stereocenters. The van der Waals surface area contributed by atoms with Crippen LogP contribution >= 0.6 is 0 Å². The molecule has 1 fully saturated rings. The van der Waals surface area contributed by atoms with Crippen molar-refractivity contribution in [1.29, 1.82) is 0 Å². The van der Waals surface area contributed by atoms with Crippen LogP contribution in [0.2, 0.25) is 0 Å². The number of ether oxygens (including phenoxy) is 4. The topological polar surface area (TPSA) is 132 Å². The first-order valence-corrected chi connectivity index (χ1v) is 9.41. The molecule has 0 aliphatic carbocycles. The van der Waals surface area contributed by atoms with Gasteiger partial charge in [0.2, 0.25) is 0 Å². The summed E-state index contributed by atoms with van der Waals surface area (Å²) in [5, 5.41) is 6.36. The summed E-state index contributed by atoms with van der Waals surface area (Å²) in [5.41, 5.74) is 8.15. The molecule has 0 radical (unpaired) electrons. The molecule has 1 rings (SSSR count). The van der Waals surface area contributed by atoms with E-state index in [1.165, 1.54) is 7.11 Å².